The molecular formula is C18H17NO2. The number of fused-ring (bicyclic) bond motifs is 1. The van der Waals surface area contributed by atoms with Gasteiger partial charge in [-0.15, -0.1) is 0 Å². The minimum Gasteiger partial charge on any atom is -0.497 e. The fourth-order valence-electron chi connectivity index (χ4n) is 2.36. The highest BCUT2D eigenvalue weighted by molar-refractivity contribution is 5.82. The van der Waals surface area contributed by atoms with Gasteiger partial charge in [0.2, 0.25) is 0 Å². The van der Waals surface area contributed by atoms with Gasteiger partial charge in [0.25, 0.3) is 0 Å². The maximum absolute atomic E-state index is 5.31. The van der Waals surface area contributed by atoms with Crippen molar-refractivity contribution in [2.45, 2.75) is 6.92 Å². The first-order valence-electron chi connectivity index (χ1n) is 6.80. The summed E-state index contributed by atoms with van der Waals surface area (Å²) in [5.41, 5.74) is 4.11. The second-order valence-electron chi connectivity index (χ2n) is 4.99. The van der Waals surface area contributed by atoms with Crippen LogP contribution in [0.5, 0.6) is 11.5 Å². The quantitative estimate of drug-likeness (QED) is 0.719. The van der Waals surface area contributed by atoms with Gasteiger partial charge in [-0.3, -0.25) is 0 Å². The van der Waals surface area contributed by atoms with Gasteiger partial charge in [-0.2, -0.15) is 0 Å². The van der Waals surface area contributed by atoms with Crippen molar-refractivity contribution in [2.75, 3.05) is 14.2 Å². The molecule has 0 spiro atoms. The van der Waals surface area contributed by atoms with Gasteiger partial charge in [-0.1, -0.05) is 17.7 Å². The Morgan fingerprint density at radius 3 is 2.19 bits per heavy atom. The van der Waals surface area contributed by atoms with Crippen LogP contribution in [-0.2, 0) is 0 Å². The standard InChI is InChI=1S/C18H17NO2/c1-12-4-6-17-13(8-12)5-7-18(19-17)14-9-15(20-2)11-16(10-14)21-3/h4-11H,1-3H3. The molecule has 3 aromatic rings. The summed E-state index contributed by atoms with van der Waals surface area (Å²) < 4.78 is 10.6. The molecule has 21 heavy (non-hydrogen) atoms. The lowest BCUT2D eigenvalue weighted by molar-refractivity contribution is 0.394. The molecule has 0 N–H and O–H groups in total. The predicted molar refractivity (Wildman–Crippen MR) is 85.0 cm³/mol. The van der Waals surface area contributed by atoms with Crippen LogP contribution in [0.25, 0.3) is 22.2 Å². The summed E-state index contributed by atoms with van der Waals surface area (Å²) in [6, 6.07) is 16.2. The second-order valence-corrected chi connectivity index (χ2v) is 4.99. The normalized spacial score (nSPS) is 10.6. The molecule has 0 radical (unpaired) electrons. The minimum absolute atomic E-state index is 0.759. The van der Waals surface area contributed by atoms with E-state index in [0.717, 1.165) is 33.7 Å². The summed E-state index contributed by atoms with van der Waals surface area (Å²) in [5.74, 6) is 1.52. The van der Waals surface area contributed by atoms with E-state index in [1.165, 1.54) is 5.56 Å². The number of pyridine rings is 1. The van der Waals surface area contributed by atoms with Crippen molar-refractivity contribution in [2.24, 2.45) is 0 Å². The van der Waals surface area contributed by atoms with Crippen LogP contribution in [-0.4, -0.2) is 19.2 Å². The Kier molecular flexibility index (Phi) is 3.48. The molecule has 0 amide bonds. The van der Waals surface area contributed by atoms with Crippen molar-refractivity contribution in [1.82, 2.24) is 4.98 Å². The van der Waals surface area contributed by atoms with Gasteiger partial charge in [0, 0.05) is 17.0 Å². The van der Waals surface area contributed by atoms with Crippen molar-refractivity contribution in [3.63, 3.8) is 0 Å². The molecule has 2 aromatic carbocycles. The number of hydrogen-bond acceptors (Lipinski definition) is 3. The third-order valence-electron chi connectivity index (χ3n) is 3.49. The van der Waals surface area contributed by atoms with Gasteiger partial charge in [0.1, 0.15) is 11.5 Å². The Hall–Kier alpha value is -2.55. The number of rotatable bonds is 3. The average molecular weight is 279 g/mol. The van der Waals surface area contributed by atoms with Crippen LogP contribution in [0.15, 0.2) is 48.5 Å². The maximum Gasteiger partial charge on any atom is 0.123 e. The predicted octanol–water partition coefficient (Wildman–Crippen LogP) is 4.23. The maximum atomic E-state index is 5.31. The van der Waals surface area contributed by atoms with E-state index in [4.69, 9.17) is 14.5 Å². The van der Waals surface area contributed by atoms with Crippen LogP contribution >= 0.6 is 0 Å². The number of methoxy groups -OCH3 is 2. The molecule has 0 aliphatic carbocycles. The molecular weight excluding hydrogens is 262 g/mol. The smallest absolute Gasteiger partial charge is 0.123 e. The highest BCUT2D eigenvalue weighted by Gasteiger charge is 2.06. The zero-order chi connectivity index (χ0) is 14.8. The van der Waals surface area contributed by atoms with E-state index in [-0.39, 0.29) is 0 Å². The summed E-state index contributed by atoms with van der Waals surface area (Å²) in [6.07, 6.45) is 0. The van der Waals surface area contributed by atoms with Crippen molar-refractivity contribution < 1.29 is 9.47 Å². The molecule has 3 rings (SSSR count). The molecule has 0 bridgehead atoms. The number of aryl methyl sites for hydroxylation is 1. The van der Waals surface area contributed by atoms with Crippen molar-refractivity contribution in [1.29, 1.82) is 0 Å². The lowest BCUT2D eigenvalue weighted by Gasteiger charge is -2.09. The number of benzene rings is 2. The highest BCUT2D eigenvalue weighted by Crippen LogP contribution is 2.29. The minimum atomic E-state index is 0.759. The fraction of sp³-hybridized carbons (Fsp3) is 0.167. The molecule has 3 nitrogen and oxygen atoms in total. The highest BCUT2D eigenvalue weighted by atomic mass is 16.5. The third-order valence-corrected chi connectivity index (χ3v) is 3.49. The number of aromatic nitrogens is 1. The molecule has 0 saturated carbocycles. The topological polar surface area (TPSA) is 31.4 Å². The molecule has 3 heteroatoms. The first-order chi connectivity index (χ1) is 10.2. The van der Waals surface area contributed by atoms with E-state index in [2.05, 4.69) is 25.1 Å². The third kappa shape index (κ3) is 2.68. The van der Waals surface area contributed by atoms with Crippen LogP contribution in [0.4, 0.5) is 0 Å². The monoisotopic (exact) mass is 279 g/mol. The van der Waals surface area contributed by atoms with Gasteiger partial charge < -0.3 is 9.47 Å². The first kappa shape index (κ1) is 13.4. The zero-order valence-corrected chi connectivity index (χ0v) is 12.4. The summed E-state index contributed by atoms with van der Waals surface area (Å²) in [7, 11) is 3.30. The Morgan fingerprint density at radius 1 is 0.810 bits per heavy atom. The molecule has 0 fully saturated rings. The molecule has 0 saturated heterocycles. The van der Waals surface area contributed by atoms with E-state index in [0.29, 0.717) is 0 Å². The Morgan fingerprint density at radius 2 is 1.52 bits per heavy atom. The van der Waals surface area contributed by atoms with E-state index in [1.54, 1.807) is 14.2 Å². The lowest BCUT2D eigenvalue weighted by atomic mass is 10.1. The molecule has 106 valence electrons. The average Bonchev–Trinajstić information content (AvgIpc) is 2.53. The summed E-state index contributed by atoms with van der Waals surface area (Å²) in [4.78, 5) is 4.73. The Labute approximate surface area is 124 Å². The van der Waals surface area contributed by atoms with E-state index in [9.17, 15) is 0 Å². The van der Waals surface area contributed by atoms with Crippen LogP contribution in [0.3, 0.4) is 0 Å². The Bertz CT molecular complexity index is 774. The molecule has 0 aliphatic heterocycles. The fourth-order valence-corrected chi connectivity index (χ4v) is 2.36. The van der Waals surface area contributed by atoms with Crippen LogP contribution in [0.1, 0.15) is 5.56 Å². The van der Waals surface area contributed by atoms with Gasteiger partial charge in [0.15, 0.2) is 0 Å². The molecule has 1 aromatic heterocycles. The van der Waals surface area contributed by atoms with Gasteiger partial charge in [0.05, 0.1) is 25.4 Å². The van der Waals surface area contributed by atoms with E-state index < -0.39 is 0 Å². The molecule has 0 aliphatic rings. The number of nitrogens with zero attached hydrogens (tertiary/aromatic N) is 1. The largest absolute Gasteiger partial charge is 0.497 e. The van der Waals surface area contributed by atoms with E-state index >= 15 is 0 Å². The first-order valence-corrected chi connectivity index (χ1v) is 6.80. The van der Waals surface area contributed by atoms with Crippen molar-refractivity contribution in [3.05, 3.63) is 54.1 Å². The molecule has 1 heterocycles. The SMILES string of the molecule is COc1cc(OC)cc(-c2ccc3cc(C)ccc3n2)c1. The van der Waals surface area contributed by atoms with Crippen LogP contribution < -0.4 is 9.47 Å². The van der Waals surface area contributed by atoms with Crippen LogP contribution in [0.2, 0.25) is 0 Å². The summed E-state index contributed by atoms with van der Waals surface area (Å²) in [6.45, 7) is 2.08. The van der Waals surface area contributed by atoms with Crippen molar-refractivity contribution in [3.8, 4) is 22.8 Å². The van der Waals surface area contributed by atoms with Crippen molar-refractivity contribution >= 4 is 10.9 Å². The second kappa shape index (κ2) is 5.44. The van der Waals surface area contributed by atoms with Gasteiger partial charge in [-0.25, -0.2) is 4.98 Å². The van der Waals surface area contributed by atoms with E-state index in [1.807, 2.05) is 30.3 Å². The number of ether oxygens (including phenoxy) is 2. The molecule has 0 atom stereocenters. The summed E-state index contributed by atoms with van der Waals surface area (Å²) in [5, 5.41) is 1.15. The molecule has 0 unspecified atom stereocenters. The summed E-state index contributed by atoms with van der Waals surface area (Å²) >= 11 is 0. The number of hydrogen-bond donors (Lipinski definition) is 0. The van der Waals surface area contributed by atoms with Gasteiger partial charge in [-0.05, 0) is 37.3 Å². The Balaban J connectivity index is 2.13. The zero-order valence-electron chi connectivity index (χ0n) is 12.4. The lowest BCUT2D eigenvalue weighted by Crippen LogP contribution is -1.91. The van der Waals surface area contributed by atoms with Gasteiger partial charge >= 0.3 is 0 Å². The van der Waals surface area contributed by atoms with Crippen LogP contribution in [0, 0.1) is 6.92 Å².